The Balaban J connectivity index is 1.92. The molecule has 150 valence electrons. The molecule has 1 aliphatic rings. The first-order valence-corrected chi connectivity index (χ1v) is 9.72. The summed E-state index contributed by atoms with van der Waals surface area (Å²) in [6, 6.07) is 10.2. The minimum Gasteiger partial charge on any atom is -0.489 e. The summed E-state index contributed by atoms with van der Waals surface area (Å²) in [5.74, 6) is -1.15. The van der Waals surface area contributed by atoms with Crippen molar-refractivity contribution in [3.05, 3.63) is 64.4 Å². The number of halogens is 2. The molecule has 1 heterocycles. The molecule has 1 saturated heterocycles. The highest BCUT2D eigenvalue weighted by molar-refractivity contribution is 7.80. The van der Waals surface area contributed by atoms with Crippen molar-refractivity contribution in [3.8, 4) is 5.75 Å². The number of amides is 2. The first-order valence-electron chi connectivity index (χ1n) is 8.93. The van der Waals surface area contributed by atoms with Gasteiger partial charge in [0.1, 0.15) is 17.1 Å². The second kappa shape index (κ2) is 8.71. The van der Waals surface area contributed by atoms with Gasteiger partial charge in [-0.15, -0.1) is 0 Å². The number of carbonyl (C=O) groups excluding carboxylic acids is 2. The average molecular weight is 433 g/mol. The van der Waals surface area contributed by atoms with Crippen LogP contribution in [0.15, 0.2) is 48.0 Å². The minimum absolute atomic E-state index is 0.00712. The first kappa shape index (κ1) is 21.0. The Hall–Kier alpha value is -2.77. The molecule has 1 unspecified atom stereocenters. The topological polar surface area (TPSA) is 58.6 Å². The monoisotopic (exact) mass is 432 g/mol. The van der Waals surface area contributed by atoms with E-state index in [1.165, 1.54) is 30.3 Å². The lowest BCUT2D eigenvalue weighted by Crippen LogP contribution is -2.54. The lowest BCUT2D eigenvalue weighted by molar-refractivity contribution is -0.122. The molecular formula is C21H18ClFN2O3S. The van der Waals surface area contributed by atoms with Crippen LogP contribution in [-0.2, 0) is 9.59 Å². The van der Waals surface area contributed by atoms with Crippen LogP contribution in [0.25, 0.3) is 6.08 Å². The van der Waals surface area contributed by atoms with Crippen LogP contribution in [0.5, 0.6) is 5.75 Å². The molecule has 1 aliphatic heterocycles. The number of ether oxygens (including phenoxy) is 1. The zero-order valence-electron chi connectivity index (χ0n) is 15.7. The minimum atomic E-state index is -0.616. The highest BCUT2D eigenvalue weighted by Gasteiger charge is 2.34. The maximum absolute atomic E-state index is 13.2. The van der Waals surface area contributed by atoms with E-state index in [-0.39, 0.29) is 16.8 Å². The van der Waals surface area contributed by atoms with Gasteiger partial charge in [-0.3, -0.25) is 19.8 Å². The third-order valence-corrected chi connectivity index (χ3v) is 4.94. The Bertz CT molecular complexity index is 1010. The number of carbonyl (C=O) groups is 2. The zero-order chi connectivity index (χ0) is 21.1. The average Bonchev–Trinajstić information content (AvgIpc) is 2.68. The van der Waals surface area contributed by atoms with Crippen LogP contribution >= 0.6 is 23.8 Å². The molecule has 0 saturated carbocycles. The molecule has 0 spiro atoms. The molecule has 1 fully saturated rings. The Morgan fingerprint density at radius 2 is 1.93 bits per heavy atom. The summed E-state index contributed by atoms with van der Waals surface area (Å²) in [6.07, 6.45) is 2.26. The summed E-state index contributed by atoms with van der Waals surface area (Å²) in [6.45, 7) is 3.94. The van der Waals surface area contributed by atoms with Crippen molar-refractivity contribution in [2.75, 3.05) is 4.90 Å². The molecule has 29 heavy (non-hydrogen) atoms. The van der Waals surface area contributed by atoms with Gasteiger partial charge in [-0.25, -0.2) is 4.39 Å². The highest BCUT2D eigenvalue weighted by atomic mass is 35.5. The summed E-state index contributed by atoms with van der Waals surface area (Å²) in [7, 11) is 0. The van der Waals surface area contributed by atoms with Gasteiger partial charge in [0.05, 0.1) is 16.8 Å². The summed E-state index contributed by atoms with van der Waals surface area (Å²) in [4.78, 5) is 26.4. The van der Waals surface area contributed by atoms with Crippen molar-refractivity contribution >= 4 is 52.5 Å². The van der Waals surface area contributed by atoms with Gasteiger partial charge >= 0.3 is 0 Å². The normalized spacial score (nSPS) is 16.8. The van der Waals surface area contributed by atoms with Crippen LogP contribution < -0.4 is 15.0 Å². The summed E-state index contributed by atoms with van der Waals surface area (Å²) in [5, 5.41) is 2.78. The number of hydrogen-bond donors (Lipinski definition) is 1. The van der Waals surface area contributed by atoms with Gasteiger partial charge in [0.2, 0.25) is 0 Å². The molecular weight excluding hydrogens is 415 g/mol. The fourth-order valence-corrected chi connectivity index (χ4v) is 3.17. The quantitative estimate of drug-likeness (QED) is 0.429. The second-order valence-corrected chi connectivity index (χ2v) is 7.25. The fourth-order valence-electron chi connectivity index (χ4n) is 2.65. The molecule has 0 radical (unpaired) electrons. The fraction of sp³-hybridized carbons (Fsp3) is 0.190. The number of thiocarbonyl (C=S) groups is 1. The third-order valence-electron chi connectivity index (χ3n) is 4.36. The van der Waals surface area contributed by atoms with Gasteiger partial charge in [0, 0.05) is 0 Å². The van der Waals surface area contributed by atoms with Crippen LogP contribution in [0, 0.1) is 5.82 Å². The van der Waals surface area contributed by atoms with Gasteiger partial charge in [-0.1, -0.05) is 24.6 Å². The van der Waals surface area contributed by atoms with Gasteiger partial charge in [0.15, 0.2) is 5.11 Å². The van der Waals surface area contributed by atoms with E-state index in [0.717, 1.165) is 11.3 Å². The largest absolute Gasteiger partial charge is 0.489 e. The molecule has 2 amide bonds. The number of nitrogens with one attached hydrogen (secondary N) is 1. The van der Waals surface area contributed by atoms with Crippen LogP contribution in [0.4, 0.5) is 10.1 Å². The number of rotatable bonds is 5. The van der Waals surface area contributed by atoms with Crippen molar-refractivity contribution in [1.29, 1.82) is 0 Å². The van der Waals surface area contributed by atoms with E-state index in [2.05, 4.69) is 5.32 Å². The van der Waals surface area contributed by atoms with Crippen LogP contribution in [0.2, 0.25) is 5.02 Å². The van der Waals surface area contributed by atoms with E-state index in [0.29, 0.717) is 22.0 Å². The van der Waals surface area contributed by atoms with E-state index >= 15 is 0 Å². The van der Waals surface area contributed by atoms with Crippen molar-refractivity contribution in [1.82, 2.24) is 5.32 Å². The maximum Gasteiger partial charge on any atom is 0.270 e. The van der Waals surface area contributed by atoms with Crippen molar-refractivity contribution in [3.63, 3.8) is 0 Å². The van der Waals surface area contributed by atoms with E-state index in [4.69, 9.17) is 28.6 Å². The van der Waals surface area contributed by atoms with Crippen LogP contribution in [-0.4, -0.2) is 23.0 Å². The molecule has 2 aromatic rings. The Labute approximate surface area is 178 Å². The highest BCUT2D eigenvalue weighted by Crippen LogP contribution is 2.29. The molecule has 1 N–H and O–H groups in total. The van der Waals surface area contributed by atoms with Gasteiger partial charge in [0.25, 0.3) is 11.8 Å². The molecule has 0 bridgehead atoms. The van der Waals surface area contributed by atoms with Crippen LogP contribution in [0.1, 0.15) is 25.8 Å². The molecule has 5 nitrogen and oxygen atoms in total. The summed E-state index contributed by atoms with van der Waals surface area (Å²) >= 11 is 11.4. The molecule has 3 rings (SSSR count). The Morgan fingerprint density at radius 1 is 1.24 bits per heavy atom. The molecule has 0 aromatic heterocycles. The number of anilines is 1. The first-order chi connectivity index (χ1) is 13.8. The lowest BCUT2D eigenvalue weighted by Gasteiger charge is -2.28. The Morgan fingerprint density at radius 3 is 2.55 bits per heavy atom. The Kier molecular flexibility index (Phi) is 6.30. The number of nitrogens with zero attached hydrogens (tertiary/aromatic N) is 1. The predicted molar refractivity (Wildman–Crippen MR) is 114 cm³/mol. The second-order valence-electron chi connectivity index (χ2n) is 6.46. The lowest BCUT2D eigenvalue weighted by atomic mass is 10.1. The van der Waals surface area contributed by atoms with E-state index in [9.17, 15) is 14.0 Å². The predicted octanol–water partition coefficient (Wildman–Crippen LogP) is 4.49. The third kappa shape index (κ3) is 4.63. The van der Waals surface area contributed by atoms with Crippen molar-refractivity contribution in [2.24, 2.45) is 0 Å². The van der Waals surface area contributed by atoms with E-state index in [1.54, 1.807) is 18.2 Å². The van der Waals surface area contributed by atoms with Gasteiger partial charge in [-0.2, -0.15) is 0 Å². The number of benzene rings is 2. The maximum atomic E-state index is 13.2. The summed E-state index contributed by atoms with van der Waals surface area (Å²) < 4.78 is 18.9. The molecule has 2 aromatic carbocycles. The zero-order valence-corrected chi connectivity index (χ0v) is 17.3. The standard InChI is InChI=1S/C21H18ClFN2O3S/c1-3-12(2)28-18-9-4-13(11-17(18)22)10-16-19(26)24-21(29)25(20(16)27)15-7-5-14(23)6-8-15/h4-12H,3H2,1-2H3,(H,24,26,29)/b16-10+. The van der Waals surface area contributed by atoms with Crippen LogP contribution in [0.3, 0.4) is 0 Å². The molecule has 1 atom stereocenters. The summed E-state index contributed by atoms with van der Waals surface area (Å²) in [5.41, 5.74) is 0.786. The van der Waals surface area contributed by atoms with E-state index < -0.39 is 17.6 Å². The number of hydrogen-bond acceptors (Lipinski definition) is 4. The van der Waals surface area contributed by atoms with Crippen molar-refractivity contribution < 1.29 is 18.7 Å². The van der Waals surface area contributed by atoms with Gasteiger partial charge in [-0.05, 0) is 73.6 Å². The van der Waals surface area contributed by atoms with Gasteiger partial charge < -0.3 is 4.74 Å². The molecule has 0 aliphatic carbocycles. The smallest absolute Gasteiger partial charge is 0.270 e. The SMILES string of the molecule is CCC(C)Oc1ccc(/C=C2\C(=O)NC(=S)N(c3ccc(F)cc3)C2=O)cc1Cl. The van der Waals surface area contributed by atoms with E-state index in [1.807, 2.05) is 13.8 Å². The molecule has 8 heteroatoms. The van der Waals surface area contributed by atoms with Crippen molar-refractivity contribution in [2.45, 2.75) is 26.4 Å².